The highest BCUT2D eigenvalue weighted by Crippen LogP contribution is 2.39. The second-order valence-corrected chi connectivity index (χ2v) is 9.48. The van der Waals surface area contributed by atoms with E-state index in [1.165, 1.54) is 5.69 Å². The molecule has 0 aromatic heterocycles. The molecule has 3 aromatic rings. The summed E-state index contributed by atoms with van der Waals surface area (Å²) in [4.78, 5) is 31.8. The lowest BCUT2D eigenvalue weighted by molar-refractivity contribution is -0.128. The summed E-state index contributed by atoms with van der Waals surface area (Å²) in [5.74, 6) is 0.722. The van der Waals surface area contributed by atoms with E-state index < -0.39 is 0 Å². The van der Waals surface area contributed by atoms with E-state index in [9.17, 15) is 9.59 Å². The van der Waals surface area contributed by atoms with Gasteiger partial charge in [0.15, 0.2) is 0 Å². The largest absolute Gasteiger partial charge is 0.368 e. The van der Waals surface area contributed by atoms with E-state index >= 15 is 0 Å². The maximum absolute atomic E-state index is 13.1. The second kappa shape index (κ2) is 9.71. The standard InChI is InChI=1S/C27H27N3O2S/c31-25-20-33-27(30(25)19-21-7-3-1-4-8-21)23-13-11-22(12-14-23)26(32)29-17-15-28(16-18-29)24-9-5-2-6-10-24/h1-14,27H,15-20H2/t27-/m1/s1. The molecular formula is C27H27N3O2S. The van der Waals surface area contributed by atoms with Crippen molar-refractivity contribution in [3.8, 4) is 0 Å². The number of amides is 2. The third-order valence-electron chi connectivity index (χ3n) is 6.29. The monoisotopic (exact) mass is 457 g/mol. The Morgan fingerprint density at radius 1 is 0.818 bits per heavy atom. The van der Waals surface area contributed by atoms with Crippen molar-refractivity contribution in [2.75, 3.05) is 36.8 Å². The molecule has 2 aliphatic rings. The van der Waals surface area contributed by atoms with Crippen LogP contribution in [0.3, 0.4) is 0 Å². The highest BCUT2D eigenvalue weighted by molar-refractivity contribution is 8.00. The lowest BCUT2D eigenvalue weighted by Gasteiger charge is -2.36. The van der Waals surface area contributed by atoms with E-state index in [-0.39, 0.29) is 17.2 Å². The van der Waals surface area contributed by atoms with Crippen LogP contribution in [0.1, 0.15) is 26.9 Å². The minimum absolute atomic E-state index is 0.0173. The molecule has 2 aliphatic heterocycles. The van der Waals surface area contributed by atoms with Crippen molar-refractivity contribution in [2.45, 2.75) is 11.9 Å². The zero-order chi connectivity index (χ0) is 22.6. The average Bonchev–Trinajstić information content (AvgIpc) is 3.25. The molecule has 5 nitrogen and oxygen atoms in total. The first-order chi connectivity index (χ1) is 16.2. The first-order valence-electron chi connectivity index (χ1n) is 11.3. The molecule has 5 rings (SSSR count). The third-order valence-corrected chi connectivity index (χ3v) is 7.55. The van der Waals surface area contributed by atoms with Crippen LogP contribution < -0.4 is 4.90 Å². The second-order valence-electron chi connectivity index (χ2n) is 8.41. The molecule has 168 valence electrons. The number of hydrogen-bond acceptors (Lipinski definition) is 4. The van der Waals surface area contributed by atoms with Gasteiger partial charge in [-0.1, -0.05) is 60.7 Å². The summed E-state index contributed by atoms with van der Waals surface area (Å²) >= 11 is 1.65. The van der Waals surface area contributed by atoms with E-state index in [1.807, 2.05) is 82.6 Å². The fourth-order valence-electron chi connectivity index (χ4n) is 4.46. The summed E-state index contributed by atoms with van der Waals surface area (Å²) in [7, 11) is 0. The molecule has 0 saturated carbocycles. The first kappa shape index (κ1) is 21.6. The maximum atomic E-state index is 13.1. The number of rotatable bonds is 5. The molecule has 0 aliphatic carbocycles. The smallest absolute Gasteiger partial charge is 0.253 e. The van der Waals surface area contributed by atoms with Gasteiger partial charge in [-0.3, -0.25) is 9.59 Å². The maximum Gasteiger partial charge on any atom is 0.253 e. The number of para-hydroxylation sites is 1. The highest BCUT2D eigenvalue weighted by Gasteiger charge is 2.33. The number of carbonyl (C=O) groups is 2. The predicted octanol–water partition coefficient (Wildman–Crippen LogP) is 4.42. The molecule has 33 heavy (non-hydrogen) atoms. The Morgan fingerprint density at radius 2 is 1.45 bits per heavy atom. The van der Waals surface area contributed by atoms with Gasteiger partial charge in [-0.2, -0.15) is 0 Å². The number of nitrogens with zero attached hydrogens (tertiary/aromatic N) is 3. The molecular weight excluding hydrogens is 430 g/mol. The number of thioether (sulfide) groups is 1. The van der Waals surface area contributed by atoms with Gasteiger partial charge >= 0.3 is 0 Å². The van der Waals surface area contributed by atoms with E-state index in [2.05, 4.69) is 17.0 Å². The van der Waals surface area contributed by atoms with Crippen LogP contribution in [0.5, 0.6) is 0 Å². The van der Waals surface area contributed by atoms with E-state index in [1.54, 1.807) is 11.8 Å². The van der Waals surface area contributed by atoms with Crippen molar-refractivity contribution in [3.05, 3.63) is 102 Å². The van der Waals surface area contributed by atoms with Crippen molar-refractivity contribution >= 4 is 29.3 Å². The fraction of sp³-hybridized carbons (Fsp3) is 0.259. The number of carbonyl (C=O) groups excluding carboxylic acids is 2. The molecule has 0 N–H and O–H groups in total. The van der Waals surface area contributed by atoms with Crippen LogP contribution in [0, 0.1) is 0 Å². The van der Waals surface area contributed by atoms with E-state index in [0.29, 0.717) is 31.0 Å². The van der Waals surface area contributed by atoms with E-state index in [4.69, 9.17) is 0 Å². The lowest BCUT2D eigenvalue weighted by Crippen LogP contribution is -2.48. The summed E-state index contributed by atoms with van der Waals surface area (Å²) in [5.41, 5.74) is 4.10. The Balaban J connectivity index is 1.23. The van der Waals surface area contributed by atoms with Gasteiger partial charge in [0.2, 0.25) is 5.91 Å². The van der Waals surface area contributed by atoms with Gasteiger partial charge in [0, 0.05) is 44.0 Å². The van der Waals surface area contributed by atoms with Crippen LogP contribution in [0.15, 0.2) is 84.9 Å². The topological polar surface area (TPSA) is 43.9 Å². The van der Waals surface area contributed by atoms with Gasteiger partial charge < -0.3 is 14.7 Å². The zero-order valence-electron chi connectivity index (χ0n) is 18.5. The van der Waals surface area contributed by atoms with Crippen molar-refractivity contribution in [1.82, 2.24) is 9.80 Å². The number of hydrogen-bond donors (Lipinski definition) is 0. The first-order valence-corrected chi connectivity index (χ1v) is 12.4. The van der Waals surface area contributed by atoms with Gasteiger partial charge in [-0.05, 0) is 35.4 Å². The molecule has 3 aromatic carbocycles. The lowest BCUT2D eigenvalue weighted by atomic mass is 10.1. The quantitative estimate of drug-likeness (QED) is 0.569. The van der Waals surface area contributed by atoms with Crippen LogP contribution in [0.2, 0.25) is 0 Å². The molecule has 2 fully saturated rings. The van der Waals surface area contributed by atoms with Crippen LogP contribution in [0.25, 0.3) is 0 Å². The normalized spacial score (nSPS) is 18.6. The van der Waals surface area contributed by atoms with Crippen LogP contribution in [0.4, 0.5) is 5.69 Å². The van der Waals surface area contributed by atoms with Gasteiger partial charge in [0.25, 0.3) is 5.91 Å². The average molecular weight is 458 g/mol. The molecule has 2 amide bonds. The molecule has 0 unspecified atom stereocenters. The molecule has 1 atom stereocenters. The van der Waals surface area contributed by atoms with Crippen LogP contribution >= 0.6 is 11.8 Å². The number of anilines is 1. The molecule has 6 heteroatoms. The zero-order valence-corrected chi connectivity index (χ0v) is 19.3. The molecule has 0 radical (unpaired) electrons. The van der Waals surface area contributed by atoms with Gasteiger partial charge in [-0.15, -0.1) is 11.8 Å². The Morgan fingerprint density at radius 3 is 2.12 bits per heavy atom. The van der Waals surface area contributed by atoms with Crippen molar-refractivity contribution in [2.24, 2.45) is 0 Å². The minimum atomic E-state index is -0.0173. The highest BCUT2D eigenvalue weighted by atomic mass is 32.2. The van der Waals surface area contributed by atoms with Crippen molar-refractivity contribution < 1.29 is 9.59 Å². The van der Waals surface area contributed by atoms with E-state index in [0.717, 1.165) is 24.2 Å². The minimum Gasteiger partial charge on any atom is -0.368 e. The Labute approximate surface area is 199 Å². The van der Waals surface area contributed by atoms with Gasteiger partial charge in [-0.25, -0.2) is 0 Å². The molecule has 2 heterocycles. The van der Waals surface area contributed by atoms with Crippen LogP contribution in [-0.2, 0) is 11.3 Å². The third kappa shape index (κ3) is 4.76. The summed E-state index contributed by atoms with van der Waals surface area (Å²) in [6.45, 7) is 3.70. The van der Waals surface area contributed by atoms with Crippen molar-refractivity contribution in [1.29, 1.82) is 0 Å². The Bertz CT molecular complexity index is 1100. The number of piperazine rings is 1. The van der Waals surface area contributed by atoms with Crippen LogP contribution in [-0.4, -0.2) is 53.5 Å². The summed E-state index contributed by atoms with van der Waals surface area (Å²) in [5, 5.41) is -0.0173. The Hall–Kier alpha value is -3.25. The van der Waals surface area contributed by atoms with Gasteiger partial charge in [0.1, 0.15) is 5.37 Å². The summed E-state index contributed by atoms with van der Waals surface area (Å²) < 4.78 is 0. The predicted molar refractivity (Wildman–Crippen MR) is 133 cm³/mol. The summed E-state index contributed by atoms with van der Waals surface area (Å²) in [6.07, 6.45) is 0. The SMILES string of the molecule is O=C(c1ccc([C@H]2SCC(=O)N2Cc2ccccc2)cc1)N1CCN(c2ccccc2)CC1. The van der Waals surface area contributed by atoms with Crippen molar-refractivity contribution in [3.63, 3.8) is 0 Å². The van der Waals surface area contributed by atoms with Gasteiger partial charge in [0.05, 0.1) is 5.75 Å². The Kier molecular flexibility index (Phi) is 6.35. The molecule has 0 bridgehead atoms. The summed E-state index contributed by atoms with van der Waals surface area (Å²) in [6, 6.07) is 28.2. The fourth-order valence-corrected chi connectivity index (χ4v) is 5.65. The molecule has 0 spiro atoms. The molecule has 2 saturated heterocycles. The number of benzene rings is 3.